The number of rotatable bonds is 1. The van der Waals surface area contributed by atoms with Crippen molar-refractivity contribution in [1.82, 2.24) is 4.98 Å². The van der Waals surface area contributed by atoms with Gasteiger partial charge < -0.3 is 10.2 Å². The van der Waals surface area contributed by atoms with Crippen LogP contribution in [0.2, 0.25) is 0 Å². The highest BCUT2D eigenvalue weighted by Gasteiger charge is 2.24. The molecule has 0 aliphatic carbocycles. The quantitative estimate of drug-likeness (QED) is 0.709. The van der Waals surface area contributed by atoms with Crippen molar-refractivity contribution in [2.75, 3.05) is 10.2 Å². The first-order chi connectivity index (χ1) is 6.20. The Labute approximate surface area is 78.1 Å². The van der Waals surface area contributed by atoms with E-state index in [0.29, 0.717) is 6.04 Å². The molecule has 1 aliphatic heterocycles. The lowest BCUT2D eigenvalue weighted by atomic mass is 10.3. The van der Waals surface area contributed by atoms with Gasteiger partial charge in [-0.25, -0.2) is 4.98 Å². The zero-order chi connectivity index (χ0) is 9.42. The van der Waals surface area contributed by atoms with Crippen molar-refractivity contribution in [2.24, 2.45) is 0 Å². The second-order valence-corrected chi connectivity index (χ2v) is 3.41. The van der Waals surface area contributed by atoms with Gasteiger partial charge in [0.2, 0.25) is 0 Å². The summed E-state index contributed by atoms with van der Waals surface area (Å²) in [6, 6.07) is 4.31. The first-order valence-electron chi connectivity index (χ1n) is 4.40. The molecule has 13 heavy (non-hydrogen) atoms. The van der Waals surface area contributed by atoms with Crippen LogP contribution in [0.4, 0.5) is 11.5 Å². The summed E-state index contributed by atoms with van der Waals surface area (Å²) < 4.78 is 0. The Balaban J connectivity index is 2.46. The van der Waals surface area contributed by atoms with Gasteiger partial charge in [-0.1, -0.05) is 6.58 Å². The Bertz CT molecular complexity index is 344. The molecule has 2 rings (SSSR count). The molecule has 0 spiro atoms. The number of nitrogens with zero attached hydrogens (tertiary/aromatic N) is 2. The number of hydrogen-bond donors (Lipinski definition) is 1. The molecule has 3 nitrogen and oxygen atoms in total. The number of pyridine rings is 1. The van der Waals surface area contributed by atoms with E-state index in [4.69, 9.17) is 0 Å². The molecule has 0 aromatic carbocycles. The maximum Gasteiger partial charge on any atom is 0.158 e. The fraction of sp³-hybridized carbons (Fsp3) is 0.300. The smallest absolute Gasteiger partial charge is 0.158 e. The van der Waals surface area contributed by atoms with Gasteiger partial charge >= 0.3 is 0 Å². The zero-order valence-corrected chi connectivity index (χ0v) is 7.91. The molecule has 1 aromatic rings. The Hall–Kier alpha value is -1.51. The molecule has 0 bridgehead atoms. The maximum absolute atomic E-state index is 4.31. The number of fused-ring (bicyclic) bond motifs is 1. The summed E-state index contributed by atoms with van der Waals surface area (Å²) in [5, 5.41) is 3.20. The van der Waals surface area contributed by atoms with Crippen LogP contribution in [0.25, 0.3) is 0 Å². The van der Waals surface area contributed by atoms with E-state index >= 15 is 0 Å². The van der Waals surface area contributed by atoms with Crippen LogP contribution in [0.3, 0.4) is 0 Å². The molecule has 1 N–H and O–H groups in total. The lowest BCUT2D eigenvalue weighted by molar-refractivity contribution is 0.762. The number of anilines is 2. The largest absolute Gasteiger partial charge is 0.339 e. The van der Waals surface area contributed by atoms with Crippen LogP contribution in [0.5, 0.6) is 0 Å². The molecule has 3 heteroatoms. The van der Waals surface area contributed by atoms with Crippen LogP contribution in [0.15, 0.2) is 30.7 Å². The third-order valence-electron chi connectivity index (χ3n) is 2.10. The van der Waals surface area contributed by atoms with Crippen molar-refractivity contribution in [3.8, 4) is 0 Å². The third kappa shape index (κ3) is 1.16. The van der Waals surface area contributed by atoms with E-state index in [1.165, 1.54) is 0 Å². The first-order valence-corrected chi connectivity index (χ1v) is 4.40. The minimum atomic E-state index is 0.385. The standard InChI is InChI=1S/C10H13N3/c1-7(2)13-8(3)12-9-5-4-6-11-10(9)13/h4-7,12H,3H2,1-2H3. The summed E-state index contributed by atoms with van der Waals surface area (Å²) in [7, 11) is 0. The Morgan fingerprint density at radius 3 is 3.00 bits per heavy atom. The van der Waals surface area contributed by atoms with Crippen LogP contribution < -0.4 is 10.2 Å². The average molecular weight is 175 g/mol. The summed E-state index contributed by atoms with van der Waals surface area (Å²) in [4.78, 5) is 6.41. The van der Waals surface area contributed by atoms with Crippen molar-refractivity contribution < 1.29 is 0 Å². The third-order valence-corrected chi connectivity index (χ3v) is 2.10. The van der Waals surface area contributed by atoms with Crippen LogP contribution in [0, 0.1) is 0 Å². The van der Waals surface area contributed by atoms with Crippen molar-refractivity contribution in [2.45, 2.75) is 19.9 Å². The lowest BCUT2D eigenvalue weighted by Crippen LogP contribution is -2.28. The van der Waals surface area contributed by atoms with Crippen molar-refractivity contribution >= 4 is 11.5 Å². The first kappa shape index (κ1) is 8.10. The van der Waals surface area contributed by atoms with Gasteiger partial charge in [-0.3, -0.25) is 0 Å². The minimum Gasteiger partial charge on any atom is -0.339 e. The second-order valence-electron chi connectivity index (χ2n) is 3.41. The average Bonchev–Trinajstić information content (AvgIpc) is 2.39. The summed E-state index contributed by atoms with van der Waals surface area (Å²) in [6.45, 7) is 8.19. The van der Waals surface area contributed by atoms with E-state index in [1.807, 2.05) is 12.1 Å². The highest BCUT2D eigenvalue weighted by Crippen LogP contribution is 2.34. The van der Waals surface area contributed by atoms with E-state index in [1.54, 1.807) is 6.20 Å². The maximum atomic E-state index is 4.31. The summed E-state index contributed by atoms with van der Waals surface area (Å²) in [5.41, 5.74) is 1.04. The van der Waals surface area contributed by atoms with Crippen LogP contribution in [0.1, 0.15) is 13.8 Å². The monoisotopic (exact) mass is 175 g/mol. The molecule has 1 aromatic heterocycles. The van der Waals surface area contributed by atoms with E-state index in [-0.39, 0.29) is 0 Å². The van der Waals surface area contributed by atoms with Crippen LogP contribution in [-0.2, 0) is 0 Å². The lowest BCUT2D eigenvalue weighted by Gasteiger charge is -2.22. The Kier molecular flexibility index (Phi) is 1.72. The van der Waals surface area contributed by atoms with Gasteiger partial charge in [0, 0.05) is 12.2 Å². The van der Waals surface area contributed by atoms with Gasteiger partial charge in [-0.2, -0.15) is 0 Å². The Morgan fingerprint density at radius 2 is 2.31 bits per heavy atom. The predicted molar refractivity (Wildman–Crippen MR) is 54.6 cm³/mol. The fourth-order valence-electron chi connectivity index (χ4n) is 1.59. The van der Waals surface area contributed by atoms with Crippen molar-refractivity contribution in [1.29, 1.82) is 0 Å². The molecule has 0 atom stereocenters. The van der Waals surface area contributed by atoms with E-state index in [0.717, 1.165) is 17.3 Å². The number of aromatic nitrogens is 1. The van der Waals surface area contributed by atoms with Crippen LogP contribution >= 0.6 is 0 Å². The van der Waals surface area contributed by atoms with Gasteiger partial charge in [0.1, 0.15) is 5.82 Å². The van der Waals surface area contributed by atoms with Gasteiger partial charge in [0.15, 0.2) is 5.82 Å². The zero-order valence-electron chi connectivity index (χ0n) is 7.91. The molecule has 0 fully saturated rings. The van der Waals surface area contributed by atoms with E-state index in [2.05, 4.69) is 35.6 Å². The molecular formula is C10H13N3. The molecule has 0 saturated carbocycles. The fourth-order valence-corrected chi connectivity index (χ4v) is 1.59. The van der Waals surface area contributed by atoms with E-state index in [9.17, 15) is 0 Å². The summed E-state index contributed by atoms with van der Waals surface area (Å²) in [6.07, 6.45) is 1.80. The van der Waals surface area contributed by atoms with Crippen LogP contribution in [-0.4, -0.2) is 11.0 Å². The molecule has 0 radical (unpaired) electrons. The van der Waals surface area contributed by atoms with Crippen molar-refractivity contribution in [3.05, 3.63) is 30.7 Å². The summed E-state index contributed by atoms with van der Waals surface area (Å²) in [5.74, 6) is 1.88. The van der Waals surface area contributed by atoms with Gasteiger partial charge in [-0.05, 0) is 26.0 Å². The van der Waals surface area contributed by atoms with E-state index < -0.39 is 0 Å². The molecule has 0 amide bonds. The topological polar surface area (TPSA) is 28.2 Å². The second kappa shape index (κ2) is 2.76. The highest BCUT2D eigenvalue weighted by molar-refractivity contribution is 5.77. The Morgan fingerprint density at radius 1 is 1.54 bits per heavy atom. The molecule has 0 unspecified atom stereocenters. The molecule has 68 valence electrons. The SMILES string of the molecule is C=C1Nc2cccnc2N1C(C)C. The molecular weight excluding hydrogens is 162 g/mol. The normalized spacial score (nSPS) is 14.7. The van der Waals surface area contributed by atoms with Crippen molar-refractivity contribution in [3.63, 3.8) is 0 Å². The molecule has 1 aliphatic rings. The summed E-state index contributed by atoms with van der Waals surface area (Å²) >= 11 is 0. The molecule has 2 heterocycles. The highest BCUT2D eigenvalue weighted by atomic mass is 15.3. The van der Waals surface area contributed by atoms with Gasteiger partial charge in [0.05, 0.1) is 5.69 Å². The van der Waals surface area contributed by atoms with Gasteiger partial charge in [0.25, 0.3) is 0 Å². The van der Waals surface area contributed by atoms with Gasteiger partial charge in [-0.15, -0.1) is 0 Å². The predicted octanol–water partition coefficient (Wildman–Crippen LogP) is 2.19. The molecule has 0 saturated heterocycles. The number of nitrogens with one attached hydrogen (secondary N) is 1. The number of hydrogen-bond acceptors (Lipinski definition) is 3. The minimum absolute atomic E-state index is 0.385.